The first-order valence-electron chi connectivity index (χ1n) is 3.31. The molecule has 0 spiro atoms. The van der Waals surface area contributed by atoms with Crippen molar-refractivity contribution in [3.05, 3.63) is 18.0 Å². The van der Waals surface area contributed by atoms with Gasteiger partial charge < -0.3 is 5.73 Å². The Morgan fingerprint density at radius 1 is 1.50 bits per heavy atom. The molecule has 0 amide bonds. The third-order valence-electron chi connectivity index (χ3n) is 1.66. The Hall–Kier alpha value is -1.30. The van der Waals surface area contributed by atoms with E-state index in [1.807, 2.05) is 0 Å². The quantitative estimate of drug-likeness (QED) is 0.592. The van der Waals surface area contributed by atoms with Gasteiger partial charge in [-0.2, -0.15) is 0 Å². The van der Waals surface area contributed by atoms with Crippen LogP contribution in [0.5, 0.6) is 0 Å². The Bertz CT molecular complexity index is 426. The third-order valence-corrected chi connectivity index (χ3v) is 2.86. The predicted octanol–water partition coefficient (Wildman–Crippen LogP) is -0.0809. The molecule has 0 bridgehead atoms. The lowest BCUT2D eigenvalue weighted by Gasteiger charge is -1.99. The fourth-order valence-electron chi connectivity index (χ4n) is 1.15. The first-order chi connectivity index (χ1) is 5.58. The second kappa shape index (κ2) is 2.10. The zero-order valence-corrected chi connectivity index (χ0v) is 6.93. The van der Waals surface area contributed by atoms with E-state index in [1.54, 1.807) is 0 Å². The van der Waals surface area contributed by atoms with E-state index in [0.717, 1.165) is 0 Å². The largest absolute Gasteiger partial charge is 0.396 e. The van der Waals surface area contributed by atoms with Gasteiger partial charge in [-0.3, -0.25) is 9.71 Å². The van der Waals surface area contributed by atoms with Gasteiger partial charge >= 0.3 is 0 Å². The highest BCUT2D eigenvalue weighted by atomic mass is 32.2. The molecular formula is C6H7N3O2S. The topological polar surface area (TPSA) is 85.1 Å². The lowest BCUT2D eigenvalue weighted by atomic mass is 10.2. The van der Waals surface area contributed by atoms with E-state index in [4.69, 9.17) is 5.73 Å². The van der Waals surface area contributed by atoms with E-state index in [2.05, 4.69) is 9.71 Å². The van der Waals surface area contributed by atoms with E-state index >= 15 is 0 Å². The van der Waals surface area contributed by atoms with Gasteiger partial charge in [0.1, 0.15) is 0 Å². The first kappa shape index (κ1) is 7.35. The predicted molar refractivity (Wildman–Crippen MR) is 44.9 cm³/mol. The molecule has 0 radical (unpaired) electrons. The van der Waals surface area contributed by atoms with Gasteiger partial charge in [-0.25, -0.2) is 8.42 Å². The van der Waals surface area contributed by atoms with Crippen molar-refractivity contribution >= 4 is 21.4 Å². The molecule has 0 saturated carbocycles. The summed E-state index contributed by atoms with van der Waals surface area (Å²) < 4.78 is 24.4. The second-order valence-electron chi connectivity index (χ2n) is 2.62. The summed E-state index contributed by atoms with van der Waals surface area (Å²) in [5, 5.41) is 0. The molecule has 2 heterocycles. The van der Waals surface area contributed by atoms with Crippen molar-refractivity contribution in [1.82, 2.24) is 4.98 Å². The van der Waals surface area contributed by atoms with Crippen LogP contribution < -0.4 is 10.5 Å². The zero-order chi connectivity index (χ0) is 8.77. The maximum absolute atomic E-state index is 11.0. The summed E-state index contributed by atoms with van der Waals surface area (Å²) in [4.78, 5) is 3.79. The minimum Gasteiger partial charge on any atom is -0.396 e. The SMILES string of the molecule is Nc1cncc2c1NS(=O)(=O)C2. The number of nitrogens with two attached hydrogens (primary N) is 1. The number of anilines is 2. The molecule has 0 atom stereocenters. The second-order valence-corrected chi connectivity index (χ2v) is 4.35. The van der Waals surface area contributed by atoms with Crippen molar-refractivity contribution < 1.29 is 8.42 Å². The van der Waals surface area contributed by atoms with Gasteiger partial charge in [-0.05, 0) is 0 Å². The lowest BCUT2D eigenvalue weighted by molar-refractivity contribution is 0.602. The molecule has 6 heteroatoms. The molecule has 0 aromatic carbocycles. The smallest absolute Gasteiger partial charge is 0.237 e. The van der Waals surface area contributed by atoms with Gasteiger partial charge in [0, 0.05) is 11.8 Å². The summed E-state index contributed by atoms with van der Waals surface area (Å²) in [6.07, 6.45) is 2.93. The number of sulfonamides is 1. The van der Waals surface area contributed by atoms with Crippen LogP contribution >= 0.6 is 0 Å². The Morgan fingerprint density at radius 2 is 2.25 bits per heavy atom. The summed E-state index contributed by atoms with van der Waals surface area (Å²) in [6, 6.07) is 0. The van der Waals surface area contributed by atoms with Crippen LogP contribution in [0.1, 0.15) is 5.56 Å². The fourth-order valence-corrected chi connectivity index (χ4v) is 2.41. The number of hydrogen-bond donors (Lipinski definition) is 2. The molecule has 64 valence electrons. The molecule has 0 fully saturated rings. The molecule has 1 aliphatic heterocycles. The molecule has 12 heavy (non-hydrogen) atoms. The van der Waals surface area contributed by atoms with Gasteiger partial charge in [0.05, 0.1) is 23.3 Å². The van der Waals surface area contributed by atoms with Crippen molar-refractivity contribution in [3.63, 3.8) is 0 Å². The number of nitrogens with zero attached hydrogens (tertiary/aromatic N) is 1. The minimum absolute atomic E-state index is 0.0274. The number of nitrogens with one attached hydrogen (secondary N) is 1. The number of rotatable bonds is 0. The van der Waals surface area contributed by atoms with Gasteiger partial charge in [0.2, 0.25) is 10.0 Å². The van der Waals surface area contributed by atoms with Crippen molar-refractivity contribution in [3.8, 4) is 0 Å². The summed E-state index contributed by atoms with van der Waals surface area (Å²) in [7, 11) is -3.20. The Labute approximate surface area is 69.7 Å². The molecule has 1 aliphatic rings. The van der Waals surface area contributed by atoms with Crippen LogP contribution in [0.2, 0.25) is 0 Å². The molecule has 3 N–H and O–H groups in total. The molecule has 5 nitrogen and oxygen atoms in total. The third kappa shape index (κ3) is 1.00. The number of fused-ring (bicyclic) bond motifs is 1. The van der Waals surface area contributed by atoms with E-state index in [9.17, 15) is 8.42 Å². The van der Waals surface area contributed by atoms with Crippen molar-refractivity contribution in [2.45, 2.75) is 5.75 Å². The van der Waals surface area contributed by atoms with E-state index in [0.29, 0.717) is 16.9 Å². The molecule has 0 aliphatic carbocycles. The zero-order valence-electron chi connectivity index (χ0n) is 6.11. The van der Waals surface area contributed by atoms with Crippen molar-refractivity contribution in [1.29, 1.82) is 0 Å². The summed E-state index contributed by atoms with van der Waals surface area (Å²) in [5.74, 6) is -0.0274. The normalized spacial score (nSPS) is 18.3. The molecular weight excluding hydrogens is 178 g/mol. The fraction of sp³-hybridized carbons (Fsp3) is 0.167. The van der Waals surface area contributed by atoms with Crippen LogP contribution in [0, 0.1) is 0 Å². The number of pyridine rings is 1. The van der Waals surface area contributed by atoms with Crippen LogP contribution in [0.15, 0.2) is 12.4 Å². The number of hydrogen-bond acceptors (Lipinski definition) is 4. The van der Waals surface area contributed by atoms with Crippen LogP contribution in [0.3, 0.4) is 0 Å². The van der Waals surface area contributed by atoms with E-state index in [-0.39, 0.29) is 5.75 Å². The maximum Gasteiger partial charge on any atom is 0.237 e. The van der Waals surface area contributed by atoms with Crippen LogP contribution in [-0.2, 0) is 15.8 Å². The highest BCUT2D eigenvalue weighted by molar-refractivity contribution is 7.92. The van der Waals surface area contributed by atoms with Gasteiger partial charge in [-0.1, -0.05) is 0 Å². The Balaban J connectivity index is 2.63. The molecule has 1 aromatic heterocycles. The standard InChI is InChI=1S/C6H7N3O2S/c7-5-2-8-1-4-3-12(10,11)9-6(4)5/h1-2,9H,3,7H2. The lowest BCUT2D eigenvalue weighted by Crippen LogP contribution is -2.06. The molecule has 0 saturated heterocycles. The van der Waals surface area contributed by atoms with Gasteiger partial charge in [0.15, 0.2) is 0 Å². The van der Waals surface area contributed by atoms with Crippen molar-refractivity contribution in [2.24, 2.45) is 0 Å². The highest BCUT2D eigenvalue weighted by Crippen LogP contribution is 2.30. The number of nitrogen functional groups attached to an aromatic ring is 1. The molecule has 2 rings (SSSR count). The molecule has 1 aromatic rings. The van der Waals surface area contributed by atoms with Gasteiger partial charge in [-0.15, -0.1) is 0 Å². The minimum atomic E-state index is -3.20. The van der Waals surface area contributed by atoms with Crippen molar-refractivity contribution in [2.75, 3.05) is 10.5 Å². The summed E-state index contributed by atoms with van der Waals surface area (Å²) >= 11 is 0. The Morgan fingerprint density at radius 3 is 2.92 bits per heavy atom. The average Bonchev–Trinajstić information content (AvgIpc) is 2.25. The summed E-state index contributed by atoms with van der Waals surface area (Å²) in [5.41, 5.74) is 6.98. The first-order valence-corrected chi connectivity index (χ1v) is 4.96. The highest BCUT2D eigenvalue weighted by Gasteiger charge is 2.25. The van der Waals surface area contributed by atoms with Crippen LogP contribution in [0.25, 0.3) is 0 Å². The van der Waals surface area contributed by atoms with E-state index < -0.39 is 10.0 Å². The molecule has 0 unspecified atom stereocenters. The maximum atomic E-state index is 11.0. The average molecular weight is 185 g/mol. The van der Waals surface area contributed by atoms with Crippen LogP contribution in [0.4, 0.5) is 11.4 Å². The number of aromatic nitrogens is 1. The van der Waals surface area contributed by atoms with E-state index in [1.165, 1.54) is 12.4 Å². The van der Waals surface area contributed by atoms with Gasteiger partial charge in [0.25, 0.3) is 0 Å². The Kier molecular flexibility index (Phi) is 1.29. The monoisotopic (exact) mass is 185 g/mol. The van der Waals surface area contributed by atoms with Crippen LogP contribution in [-0.4, -0.2) is 13.4 Å². The summed E-state index contributed by atoms with van der Waals surface area (Å²) in [6.45, 7) is 0.